The summed E-state index contributed by atoms with van der Waals surface area (Å²) in [7, 11) is 0. The maximum absolute atomic E-state index is 11.8. The van der Waals surface area contributed by atoms with E-state index < -0.39 is 0 Å². The van der Waals surface area contributed by atoms with Crippen molar-refractivity contribution in [1.29, 1.82) is 0 Å². The molecular formula is C15H13BrN2O2. The molecule has 0 unspecified atom stereocenters. The van der Waals surface area contributed by atoms with Gasteiger partial charge in [0.25, 0.3) is 5.91 Å². The molecule has 0 aliphatic rings. The minimum absolute atomic E-state index is 0.121. The summed E-state index contributed by atoms with van der Waals surface area (Å²) in [6.45, 7) is 1.82. The van der Waals surface area contributed by atoms with Gasteiger partial charge in [-0.2, -0.15) is 5.10 Å². The standard InChI is InChI=1S/C15H13BrN2O2/c1-10(11-2-6-13(16)7-3-11)17-18-15(20)12-4-8-14(19)9-5-12/h2-9,19H,1H3,(H,18,20)/b17-10+. The van der Waals surface area contributed by atoms with Crippen molar-refractivity contribution in [2.45, 2.75) is 6.92 Å². The van der Waals surface area contributed by atoms with E-state index >= 15 is 0 Å². The topological polar surface area (TPSA) is 61.7 Å². The van der Waals surface area contributed by atoms with Crippen molar-refractivity contribution in [2.24, 2.45) is 5.10 Å². The number of halogens is 1. The average molecular weight is 333 g/mol. The minimum Gasteiger partial charge on any atom is -0.508 e. The van der Waals surface area contributed by atoms with Gasteiger partial charge in [-0.25, -0.2) is 5.43 Å². The lowest BCUT2D eigenvalue weighted by atomic mass is 10.1. The molecule has 5 heteroatoms. The largest absolute Gasteiger partial charge is 0.508 e. The molecule has 0 aliphatic heterocycles. The number of hydrogen-bond donors (Lipinski definition) is 2. The third-order valence-corrected chi connectivity index (χ3v) is 3.25. The van der Waals surface area contributed by atoms with Gasteiger partial charge >= 0.3 is 0 Å². The molecule has 0 saturated carbocycles. The summed E-state index contributed by atoms with van der Waals surface area (Å²) in [5.41, 5.74) is 4.57. The van der Waals surface area contributed by atoms with Gasteiger partial charge in [0.2, 0.25) is 0 Å². The number of amides is 1. The quantitative estimate of drug-likeness (QED) is 0.669. The summed E-state index contributed by atoms with van der Waals surface area (Å²) < 4.78 is 0.988. The number of nitrogens with one attached hydrogen (secondary N) is 1. The Balaban J connectivity index is 2.06. The van der Waals surface area contributed by atoms with Gasteiger partial charge in [-0.1, -0.05) is 28.1 Å². The number of aromatic hydroxyl groups is 1. The maximum atomic E-state index is 11.8. The summed E-state index contributed by atoms with van der Waals surface area (Å²) in [5.74, 6) is -0.197. The van der Waals surface area contributed by atoms with Gasteiger partial charge in [-0.3, -0.25) is 4.79 Å². The van der Waals surface area contributed by atoms with E-state index in [9.17, 15) is 4.79 Å². The molecule has 0 heterocycles. The zero-order chi connectivity index (χ0) is 14.5. The Morgan fingerprint density at radius 2 is 1.60 bits per heavy atom. The molecule has 0 spiro atoms. The van der Waals surface area contributed by atoms with Crippen molar-refractivity contribution in [3.63, 3.8) is 0 Å². The molecule has 4 nitrogen and oxygen atoms in total. The number of carbonyl (C=O) groups excluding carboxylic acids is 1. The lowest BCUT2D eigenvalue weighted by Gasteiger charge is -2.03. The van der Waals surface area contributed by atoms with Crippen LogP contribution in [0.1, 0.15) is 22.8 Å². The van der Waals surface area contributed by atoms with Gasteiger partial charge in [0.15, 0.2) is 0 Å². The number of phenolic OH excluding ortho intramolecular Hbond substituents is 1. The fraction of sp³-hybridized carbons (Fsp3) is 0.0667. The molecule has 0 aromatic heterocycles. The number of phenols is 1. The third-order valence-electron chi connectivity index (χ3n) is 2.72. The number of carbonyl (C=O) groups is 1. The first-order valence-electron chi connectivity index (χ1n) is 5.96. The van der Waals surface area contributed by atoms with E-state index in [2.05, 4.69) is 26.5 Å². The molecule has 0 atom stereocenters. The first-order valence-corrected chi connectivity index (χ1v) is 6.75. The number of benzene rings is 2. The second-order valence-corrected chi connectivity index (χ2v) is 5.11. The minimum atomic E-state index is -0.318. The highest BCUT2D eigenvalue weighted by atomic mass is 79.9. The van der Waals surface area contributed by atoms with Crippen LogP contribution in [-0.2, 0) is 0 Å². The smallest absolute Gasteiger partial charge is 0.271 e. The third kappa shape index (κ3) is 3.68. The molecule has 0 fully saturated rings. The average Bonchev–Trinajstić information content (AvgIpc) is 2.46. The van der Waals surface area contributed by atoms with E-state index in [1.165, 1.54) is 24.3 Å². The van der Waals surface area contributed by atoms with E-state index in [0.29, 0.717) is 11.3 Å². The van der Waals surface area contributed by atoms with E-state index in [1.54, 1.807) is 0 Å². The SMILES string of the molecule is C/C(=N\NC(=O)c1ccc(O)cc1)c1ccc(Br)cc1. The summed E-state index contributed by atoms with van der Waals surface area (Å²) in [6, 6.07) is 13.6. The van der Waals surface area contributed by atoms with Gasteiger partial charge in [0, 0.05) is 10.0 Å². The van der Waals surface area contributed by atoms with Gasteiger partial charge in [-0.15, -0.1) is 0 Å². The lowest BCUT2D eigenvalue weighted by molar-refractivity contribution is 0.0955. The van der Waals surface area contributed by atoms with Crippen LogP contribution in [0.25, 0.3) is 0 Å². The molecule has 0 radical (unpaired) electrons. The van der Waals surface area contributed by atoms with Crippen LogP contribution in [0.15, 0.2) is 58.1 Å². The van der Waals surface area contributed by atoms with E-state index in [-0.39, 0.29) is 11.7 Å². The molecule has 1 amide bonds. The molecule has 2 aromatic rings. The number of nitrogens with zero attached hydrogens (tertiary/aromatic N) is 1. The molecule has 102 valence electrons. The van der Waals surface area contributed by atoms with E-state index in [1.807, 2.05) is 31.2 Å². The zero-order valence-corrected chi connectivity index (χ0v) is 12.4. The number of hydrogen-bond acceptors (Lipinski definition) is 3. The summed E-state index contributed by atoms with van der Waals surface area (Å²) in [6.07, 6.45) is 0. The Kier molecular flexibility index (Phi) is 4.53. The van der Waals surface area contributed by atoms with Crippen LogP contribution in [0.4, 0.5) is 0 Å². The fourth-order valence-electron chi connectivity index (χ4n) is 1.57. The van der Waals surface area contributed by atoms with Crippen molar-refractivity contribution in [3.8, 4) is 5.75 Å². The monoisotopic (exact) mass is 332 g/mol. The van der Waals surface area contributed by atoms with Crippen LogP contribution in [0.2, 0.25) is 0 Å². The Morgan fingerprint density at radius 1 is 1.05 bits per heavy atom. The van der Waals surface area contributed by atoms with Gasteiger partial charge < -0.3 is 5.11 Å². The van der Waals surface area contributed by atoms with Crippen LogP contribution in [0.3, 0.4) is 0 Å². The van der Waals surface area contributed by atoms with Crippen molar-refractivity contribution < 1.29 is 9.90 Å². The molecule has 0 aliphatic carbocycles. The summed E-state index contributed by atoms with van der Waals surface area (Å²) in [5, 5.41) is 13.2. The highest BCUT2D eigenvalue weighted by Crippen LogP contribution is 2.11. The first-order chi connectivity index (χ1) is 9.56. The second-order valence-electron chi connectivity index (χ2n) is 4.19. The predicted molar refractivity (Wildman–Crippen MR) is 81.9 cm³/mol. The van der Waals surface area contributed by atoms with Gasteiger partial charge in [-0.05, 0) is 48.9 Å². The van der Waals surface area contributed by atoms with Crippen LogP contribution in [0.5, 0.6) is 5.75 Å². The van der Waals surface area contributed by atoms with Crippen LogP contribution in [-0.4, -0.2) is 16.7 Å². The van der Waals surface area contributed by atoms with Crippen molar-refractivity contribution in [1.82, 2.24) is 5.43 Å². The molecule has 2 N–H and O–H groups in total. The lowest BCUT2D eigenvalue weighted by Crippen LogP contribution is -2.19. The van der Waals surface area contributed by atoms with Crippen molar-refractivity contribution in [3.05, 3.63) is 64.1 Å². The van der Waals surface area contributed by atoms with Gasteiger partial charge in [0.05, 0.1) is 5.71 Å². The van der Waals surface area contributed by atoms with Crippen LogP contribution in [0, 0.1) is 0 Å². The van der Waals surface area contributed by atoms with Crippen molar-refractivity contribution in [2.75, 3.05) is 0 Å². The Bertz CT molecular complexity index is 634. The molecular weight excluding hydrogens is 320 g/mol. The first kappa shape index (κ1) is 14.3. The molecule has 0 saturated heterocycles. The van der Waals surface area contributed by atoms with E-state index in [4.69, 9.17) is 5.11 Å². The Morgan fingerprint density at radius 3 is 2.20 bits per heavy atom. The van der Waals surface area contributed by atoms with Crippen molar-refractivity contribution >= 4 is 27.5 Å². The Labute approximate surface area is 125 Å². The maximum Gasteiger partial charge on any atom is 0.271 e. The molecule has 2 rings (SSSR count). The molecule has 2 aromatic carbocycles. The number of hydrazone groups is 1. The van der Waals surface area contributed by atoms with Crippen LogP contribution < -0.4 is 5.43 Å². The van der Waals surface area contributed by atoms with E-state index in [0.717, 1.165) is 10.0 Å². The zero-order valence-electron chi connectivity index (χ0n) is 10.8. The summed E-state index contributed by atoms with van der Waals surface area (Å²) >= 11 is 3.36. The molecule has 20 heavy (non-hydrogen) atoms. The molecule has 0 bridgehead atoms. The fourth-order valence-corrected chi connectivity index (χ4v) is 1.83. The highest BCUT2D eigenvalue weighted by molar-refractivity contribution is 9.10. The van der Waals surface area contributed by atoms with Crippen LogP contribution >= 0.6 is 15.9 Å². The van der Waals surface area contributed by atoms with Gasteiger partial charge in [0.1, 0.15) is 5.75 Å². The Hall–Kier alpha value is -2.14. The predicted octanol–water partition coefficient (Wildman–Crippen LogP) is 3.31. The second kappa shape index (κ2) is 6.34. The number of rotatable bonds is 3. The normalized spacial score (nSPS) is 11.2. The summed E-state index contributed by atoms with van der Waals surface area (Å²) in [4.78, 5) is 11.8. The highest BCUT2D eigenvalue weighted by Gasteiger charge is 2.04.